The zero-order valence-corrected chi connectivity index (χ0v) is 11.6. The van der Waals surface area contributed by atoms with Gasteiger partial charge in [-0.05, 0) is 32.1 Å². The first-order valence-electron chi connectivity index (χ1n) is 7.57. The van der Waals surface area contributed by atoms with Crippen molar-refractivity contribution in [2.75, 3.05) is 13.1 Å². The van der Waals surface area contributed by atoms with Gasteiger partial charge in [-0.25, -0.2) is 0 Å². The molecular weight excluding hydrogens is 256 g/mol. The lowest BCUT2D eigenvalue weighted by Crippen LogP contribution is -2.44. The molecule has 0 radical (unpaired) electrons. The molecule has 3 rings (SSSR count). The number of carbonyl (C=O) groups excluding carboxylic acids is 1. The van der Waals surface area contributed by atoms with Gasteiger partial charge in [0.15, 0.2) is 0 Å². The molecule has 1 saturated carbocycles. The number of hydrogen-bond donors (Lipinski definition) is 2. The molecule has 20 heavy (non-hydrogen) atoms. The second-order valence-corrected chi connectivity index (χ2v) is 6.21. The van der Waals surface area contributed by atoms with Crippen molar-refractivity contribution in [3.8, 4) is 0 Å². The molecule has 1 aliphatic heterocycles. The van der Waals surface area contributed by atoms with E-state index in [4.69, 9.17) is 0 Å². The normalized spacial score (nSPS) is 34.1. The summed E-state index contributed by atoms with van der Waals surface area (Å²) in [6.07, 6.45) is 8.36. The fraction of sp³-hybridized carbons (Fsp3) is 0.733. The average molecular weight is 278 g/mol. The first-order valence-corrected chi connectivity index (χ1v) is 7.57. The number of carboxylic acids is 1. The summed E-state index contributed by atoms with van der Waals surface area (Å²) in [4.78, 5) is 26.0. The number of carbonyl (C=O) groups is 2. The Balaban J connectivity index is 1.55. The highest BCUT2D eigenvalue weighted by Crippen LogP contribution is 2.30. The molecule has 5 nitrogen and oxygen atoms in total. The molecule has 0 aromatic carbocycles. The van der Waals surface area contributed by atoms with Crippen LogP contribution in [-0.4, -0.2) is 47.1 Å². The molecule has 2 N–H and O–H groups in total. The highest BCUT2D eigenvalue weighted by Gasteiger charge is 2.38. The summed E-state index contributed by atoms with van der Waals surface area (Å²) in [7, 11) is 0. The van der Waals surface area contributed by atoms with Crippen molar-refractivity contribution in [1.29, 1.82) is 0 Å². The predicted octanol–water partition coefficient (Wildman–Crippen LogP) is 1.01. The van der Waals surface area contributed by atoms with Crippen LogP contribution >= 0.6 is 0 Å². The van der Waals surface area contributed by atoms with Crippen LogP contribution < -0.4 is 5.32 Å². The molecule has 3 unspecified atom stereocenters. The molecule has 5 heteroatoms. The third-order valence-corrected chi connectivity index (χ3v) is 4.72. The molecule has 0 bridgehead atoms. The monoisotopic (exact) mass is 278 g/mol. The third kappa shape index (κ3) is 2.87. The Morgan fingerprint density at radius 1 is 1.10 bits per heavy atom. The van der Waals surface area contributed by atoms with Gasteiger partial charge in [0.05, 0.1) is 11.8 Å². The van der Waals surface area contributed by atoms with E-state index in [1.54, 1.807) is 0 Å². The van der Waals surface area contributed by atoms with Gasteiger partial charge < -0.3 is 10.4 Å². The number of allylic oxidation sites excluding steroid dienone is 2. The van der Waals surface area contributed by atoms with Gasteiger partial charge in [0.2, 0.25) is 5.91 Å². The smallest absolute Gasteiger partial charge is 0.307 e. The standard InChI is InChI=1S/C15H22N2O3/c18-14(12-3-1-2-4-13(12)15(19)20)16-10-7-8-17(9-10)11-5-6-11/h1-2,10-13H,3-9H2,(H,16,18)(H,19,20). The van der Waals surface area contributed by atoms with Crippen LogP contribution in [0.25, 0.3) is 0 Å². The minimum Gasteiger partial charge on any atom is -0.481 e. The van der Waals surface area contributed by atoms with Crippen molar-refractivity contribution in [2.24, 2.45) is 11.8 Å². The SMILES string of the molecule is O=C(O)C1CC=CCC1C(=O)NC1CCN(C2CC2)C1. The first kappa shape index (κ1) is 13.6. The first-order chi connectivity index (χ1) is 9.65. The van der Waals surface area contributed by atoms with Crippen molar-refractivity contribution < 1.29 is 14.7 Å². The molecule has 1 amide bonds. The summed E-state index contributed by atoms with van der Waals surface area (Å²) in [5, 5.41) is 12.3. The summed E-state index contributed by atoms with van der Waals surface area (Å²) in [5.74, 6) is -1.92. The van der Waals surface area contributed by atoms with Crippen LogP contribution in [0, 0.1) is 11.8 Å². The van der Waals surface area contributed by atoms with E-state index >= 15 is 0 Å². The maximum atomic E-state index is 12.3. The van der Waals surface area contributed by atoms with Crippen LogP contribution in [0.15, 0.2) is 12.2 Å². The van der Waals surface area contributed by atoms with Gasteiger partial charge in [-0.2, -0.15) is 0 Å². The van der Waals surface area contributed by atoms with Crippen LogP contribution in [0.2, 0.25) is 0 Å². The Morgan fingerprint density at radius 3 is 2.45 bits per heavy atom. The summed E-state index contributed by atoms with van der Waals surface area (Å²) in [6.45, 7) is 1.99. The number of nitrogens with one attached hydrogen (secondary N) is 1. The largest absolute Gasteiger partial charge is 0.481 e. The molecule has 2 fully saturated rings. The van der Waals surface area contributed by atoms with E-state index in [1.165, 1.54) is 12.8 Å². The van der Waals surface area contributed by atoms with E-state index in [9.17, 15) is 14.7 Å². The highest BCUT2D eigenvalue weighted by molar-refractivity contribution is 5.85. The van der Waals surface area contributed by atoms with Gasteiger partial charge >= 0.3 is 5.97 Å². The van der Waals surface area contributed by atoms with Crippen LogP contribution in [0.3, 0.4) is 0 Å². The number of aliphatic carboxylic acids is 1. The minimum absolute atomic E-state index is 0.0793. The van der Waals surface area contributed by atoms with E-state index in [2.05, 4.69) is 10.2 Å². The molecule has 0 spiro atoms. The number of hydrogen-bond acceptors (Lipinski definition) is 3. The van der Waals surface area contributed by atoms with E-state index in [-0.39, 0.29) is 11.9 Å². The van der Waals surface area contributed by atoms with Crippen molar-refractivity contribution in [3.63, 3.8) is 0 Å². The van der Waals surface area contributed by atoms with Gasteiger partial charge in [0.25, 0.3) is 0 Å². The fourth-order valence-electron chi connectivity index (χ4n) is 3.36. The van der Waals surface area contributed by atoms with Crippen LogP contribution in [0.1, 0.15) is 32.1 Å². The minimum atomic E-state index is -0.861. The van der Waals surface area contributed by atoms with Gasteiger partial charge in [-0.3, -0.25) is 14.5 Å². The lowest BCUT2D eigenvalue weighted by Gasteiger charge is -2.26. The van der Waals surface area contributed by atoms with E-state index < -0.39 is 17.8 Å². The maximum Gasteiger partial charge on any atom is 0.307 e. The second-order valence-electron chi connectivity index (χ2n) is 6.21. The van der Waals surface area contributed by atoms with E-state index in [1.807, 2.05) is 12.2 Å². The molecule has 110 valence electrons. The molecule has 3 aliphatic rings. The van der Waals surface area contributed by atoms with Crippen LogP contribution in [0.4, 0.5) is 0 Å². The van der Waals surface area contributed by atoms with Gasteiger partial charge in [-0.15, -0.1) is 0 Å². The fourth-order valence-corrected chi connectivity index (χ4v) is 3.36. The van der Waals surface area contributed by atoms with Crippen molar-refractivity contribution in [3.05, 3.63) is 12.2 Å². The van der Waals surface area contributed by atoms with Crippen molar-refractivity contribution >= 4 is 11.9 Å². The second kappa shape index (κ2) is 5.56. The van der Waals surface area contributed by atoms with Crippen LogP contribution in [0.5, 0.6) is 0 Å². The summed E-state index contributed by atoms with van der Waals surface area (Å²) in [6, 6.07) is 0.935. The molecule has 1 heterocycles. The van der Waals surface area contributed by atoms with Crippen LogP contribution in [-0.2, 0) is 9.59 Å². The predicted molar refractivity (Wildman–Crippen MR) is 74.1 cm³/mol. The Kier molecular flexibility index (Phi) is 3.78. The van der Waals surface area contributed by atoms with E-state index in [0.717, 1.165) is 25.6 Å². The average Bonchev–Trinajstić information content (AvgIpc) is 3.19. The van der Waals surface area contributed by atoms with Crippen molar-refractivity contribution in [1.82, 2.24) is 10.2 Å². The Bertz CT molecular complexity index is 431. The lowest BCUT2D eigenvalue weighted by molar-refractivity contribution is -0.147. The quantitative estimate of drug-likeness (QED) is 0.753. The number of carboxylic acid groups (broad SMARTS) is 1. The summed E-state index contributed by atoms with van der Waals surface area (Å²) < 4.78 is 0. The third-order valence-electron chi connectivity index (χ3n) is 4.72. The highest BCUT2D eigenvalue weighted by atomic mass is 16.4. The lowest BCUT2D eigenvalue weighted by atomic mass is 9.82. The Morgan fingerprint density at radius 2 is 1.80 bits per heavy atom. The molecule has 0 aromatic heterocycles. The molecular formula is C15H22N2O3. The van der Waals surface area contributed by atoms with Gasteiger partial charge in [-0.1, -0.05) is 12.2 Å². The topological polar surface area (TPSA) is 69.6 Å². The van der Waals surface area contributed by atoms with E-state index in [0.29, 0.717) is 12.8 Å². The Labute approximate surface area is 119 Å². The zero-order chi connectivity index (χ0) is 14.1. The Hall–Kier alpha value is -1.36. The van der Waals surface area contributed by atoms with Gasteiger partial charge in [0, 0.05) is 25.2 Å². The zero-order valence-electron chi connectivity index (χ0n) is 11.6. The maximum absolute atomic E-state index is 12.3. The number of amides is 1. The number of nitrogens with zero attached hydrogens (tertiary/aromatic N) is 1. The summed E-state index contributed by atoms with van der Waals surface area (Å²) >= 11 is 0. The molecule has 3 atom stereocenters. The number of rotatable bonds is 4. The van der Waals surface area contributed by atoms with Crippen molar-refractivity contribution in [2.45, 2.75) is 44.2 Å². The molecule has 1 saturated heterocycles. The van der Waals surface area contributed by atoms with Gasteiger partial charge in [0.1, 0.15) is 0 Å². The molecule has 0 aromatic rings. The number of likely N-dealkylation sites (tertiary alicyclic amines) is 1. The molecule has 2 aliphatic carbocycles. The summed E-state index contributed by atoms with van der Waals surface area (Å²) in [5.41, 5.74) is 0.